The van der Waals surface area contributed by atoms with Gasteiger partial charge >= 0.3 is 0 Å². The van der Waals surface area contributed by atoms with E-state index in [0.29, 0.717) is 10.6 Å². The maximum atomic E-state index is 12.9. The van der Waals surface area contributed by atoms with E-state index in [2.05, 4.69) is 10.3 Å². The largest absolute Gasteiger partial charge is 0.372 e. The van der Waals surface area contributed by atoms with E-state index in [9.17, 15) is 8.78 Å². The molecule has 0 aliphatic rings. The Labute approximate surface area is 89.6 Å². The summed E-state index contributed by atoms with van der Waals surface area (Å²) < 4.78 is 25.6. The Kier molecular flexibility index (Phi) is 2.64. The lowest BCUT2D eigenvalue weighted by molar-refractivity contribution is 0.509. The second-order valence-corrected chi connectivity index (χ2v) is 3.77. The first-order chi connectivity index (χ1) is 7.20. The Morgan fingerprint density at radius 3 is 2.67 bits per heavy atom. The van der Waals surface area contributed by atoms with Crippen molar-refractivity contribution in [2.24, 2.45) is 0 Å². The monoisotopic (exact) mass is 226 g/mol. The Morgan fingerprint density at radius 2 is 2.07 bits per heavy atom. The fraction of sp³-hybridized carbons (Fsp3) is 0.100. The molecule has 5 heteroatoms. The predicted octanol–water partition coefficient (Wildman–Crippen LogP) is 3.13. The van der Waals surface area contributed by atoms with E-state index >= 15 is 0 Å². The van der Waals surface area contributed by atoms with Crippen molar-refractivity contribution in [1.82, 2.24) is 4.98 Å². The molecule has 0 atom stereocenters. The van der Waals surface area contributed by atoms with Gasteiger partial charge < -0.3 is 5.32 Å². The quantitative estimate of drug-likeness (QED) is 0.851. The van der Waals surface area contributed by atoms with Crippen molar-refractivity contribution in [3.8, 4) is 10.6 Å². The van der Waals surface area contributed by atoms with Gasteiger partial charge in [0, 0.05) is 18.0 Å². The van der Waals surface area contributed by atoms with Crippen LogP contribution in [0.2, 0.25) is 0 Å². The molecule has 15 heavy (non-hydrogen) atoms. The molecule has 1 aromatic carbocycles. The molecule has 0 unspecified atom stereocenters. The number of nitrogens with zero attached hydrogens (tertiary/aromatic N) is 1. The molecule has 0 aliphatic heterocycles. The van der Waals surface area contributed by atoms with Crippen molar-refractivity contribution in [3.63, 3.8) is 0 Å². The van der Waals surface area contributed by atoms with Gasteiger partial charge in [0.1, 0.15) is 10.8 Å². The van der Waals surface area contributed by atoms with Gasteiger partial charge in [-0.05, 0) is 18.2 Å². The maximum absolute atomic E-state index is 12.9. The zero-order valence-electron chi connectivity index (χ0n) is 7.92. The Morgan fingerprint density at radius 1 is 1.27 bits per heavy atom. The third-order valence-electron chi connectivity index (χ3n) is 1.93. The lowest BCUT2D eigenvalue weighted by Crippen LogP contribution is -1.88. The number of nitrogens with one attached hydrogen (secondary N) is 1. The lowest BCUT2D eigenvalue weighted by atomic mass is 10.2. The molecule has 0 spiro atoms. The van der Waals surface area contributed by atoms with Crippen LogP contribution < -0.4 is 5.32 Å². The van der Waals surface area contributed by atoms with Gasteiger partial charge in [-0.1, -0.05) is 0 Å². The normalized spacial score (nSPS) is 10.3. The van der Waals surface area contributed by atoms with E-state index in [1.807, 2.05) is 5.38 Å². The molecule has 2 aromatic rings. The summed E-state index contributed by atoms with van der Waals surface area (Å²) >= 11 is 1.38. The summed E-state index contributed by atoms with van der Waals surface area (Å²) in [6, 6.07) is 3.76. The first kappa shape index (κ1) is 10.0. The van der Waals surface area contributed by atoms with Crippen LogP contribution in [0.1, 0.15) is 0 Å². The molecule has 0 amide bonds. The summed E-state index contributed by atoms with van der Waals surface area (Å²) in [7, 11) is 1.75. The molecule has 0 radical (unpaired) electrons. The highest BCUT2D eigenvalue weighted by atomic mass is 32.1. The molecule has 0 saturated heterocycles. The highest BCUT2D eigenvalue weighted by Gasteiger charge is 2.07. The van der Waals surface area contributed by atoms with Crippen molar-refractivity contribution < 1.29 is 8.78 Å². The van der Waals surface area contributed by atoms with Crippen molar-refractivity contribution >= 4 is 17.2 Å². The van der Waals surface area contributed by atoms with Gasteiger partial charge in [-0.2, -0.15) is 0 Å². The average molecular weight is 226 g/mol. The Balaban J connectivity index is 2.40. The Bertz CT molecular complexity index is 482. The number of benzene rings is 1. The van der Waals surface area contributed by atoms with E-state index in [0.717, 1.165) is 18.0 Å². The van der Waals surface area contributed by atoms with Crippen LogP contribution >= 0.6 is 11.3 Å². The van der Waals surface area contributed by atoms with Gasteiger partial charge in [0.15, 0.2) is 11.6 Å². The topological polar surface area (TPSA) is 24.9 Å². The predicted molar refractivity (Wildman–Crippen MR) is 57.0 cm³/mol. The van der Waals surface area contributed by atoms with Crippen molar-refractivity contribution in [2.45, 2.75) is 0 Å². The smallest absolute Gasteiger partial charge is 0.159 e. The van der Waals surface area contributed by atoms with E-state index in [1.54, 1.807) is 7.05 Å². The van der Waals surface area contributed by atoms with Crippen LogP contribution in [0.15, 0.2) is 23.6 Å². The number of aromatic nitrogens is 1. The summed E-state index contributed by atoms with van der Waals surface area (Å²) in [4.78, 5) is 4.19. The summed E-state index contributed by atoms with van der Waals surface area (Å²) in [5.74, 6) is -0.974. The third kappa shape index (κ3) is 1.97. The van der Waals surface area contributed by atoms with E-state index in [1.165, 1.54) is 17.4 Å². The molecule has 0 fully saturated rings. The van der Waals surface area contributed by atoms with Crippen molar-refractivity contribution in [3.05, 3.63) is 35.2 Å². The van der Waals surface area contributed by atoms with Crippen LogP contribution in [0.4, 0.5) is 14.6 Å². The van der Waals surface area contributed by atoms with Gasteiger partial charge in [0.25, 0.3) is 0 Å². The number of hydrogen-bond donors (Lipinski definition) is 1. The van der Waals surface area contributed by atoms with Gasteiger partial charge in [0.05, 0.1) is 0 Å². The highest BCUT2D eigenvalue weighted by molar-refractivity contribution is 7.13. The molecule has 1 N–H and O–H groups in total. The van der Waals surface area contributed by atoms with Gasteiger partial charge in [-0.15, -0.1) is 11.3 Å². The van der Waals surface area contributed by atoms with E-state index < -0.39 is 11.6 Å². The summed E-state index contributed by atoms with van der Waals surface area (Å²) in [5.41, 5.74) is 0.584. The number of thiazole rings is 1. The molecule has 1 heterocycles. The molecule has 0 saturated carbocycles. The average Bonchev–Trinajstić information content (AvgIpc) is 2.70. The van der Waals surface area contributed by atoms with E-state index in [-0.39, 0.29) is 0 Å². The van der Waals surface area contributed by atoms with Crippen molar-refractivity contribution in [2.75, 3.05) is 12.4 Å². The number of rotatable bonds is 2. The van der Waals surface area contributed by atoms with Gasteiger partial charge in [-0.25, -0.2) is 13.8 Å². The van der Waals surface area contributed by atoms with Crippen LogP contribution in [-0.2, 0) is 0 Å². The fourth-order valence-corrected chi connectivity index (χ4v) is 1.96. The summed E-state index contributed by atoms with van der Waals surface area (Å²) in [5, 5.41) is 5.36. The van der Waals surface area contributed by atoms with Crippen LogP contribution in [0, 0.1) is 11.6 Å². The number of anilines is 1. The van der Waals surface area contributed by atoms with Gasteiger partial charge in [0.2, 0.25) is 0 Å². The first-order valence-corrected chi connectivity index (χ1v) is 5.17. The molecule has 0 bridgehead atoms. The van der Waals surface area contributed by atoms with E-state index in [4.69, 9.17) is 0 Å². The van der Waals surface area contributed by atoms with Crippen LogP contribution in [-0.4, -0.2) is 12.0 Å². The second-order valence-electron chi connectivity index (χ2n) is 2.92. The third-order valence-corrected chi connectivity index (χ3v) is 2.82. The zero-order valence-corrected chi connectivity index (χ0v) is 8.74. The lowest BCUT2D eigenvalue weighted by Gasteiger charge is -1.97. The standard InChI is InChI=1S/C10H8F2N2S/c1-13-9-5-15-10(14-9)6-2-3-7(11)8(12)4-6/h2-5,13H,1H3. The molecule has 78 valence electrons. The van der Waals surface area contributed by atoms with Crippen LogP contribution in [0.25, 0.3) is 10.6 Å². The molecular formula is C10H8F2N2S. The van der Waals surface area contributed by atoms with Gasteiger partial charge in [-0.3, -0.25) is 0 Å². The Hall–Kier alpha value is -1.49. The summed E-state index contributed by atoms with van der Waals surface area (Å²) in [6.45, 7) is 0. The second kappa shape index (κ2) is 3.94. The first-order valence-electron chi connectivity index (χ1n) is 4.29. The maximum Gasteiger partial charge on any atom is 0.159 e. The molecule has 2 rings (SSSR count). The van der Waals surface area contributed by atoms with Crippen LogP contribution in [0.5, 0.6) is 0 Å². The fourth-order valence-electron chi connectivity index (χ4n) is 1.15. The molecule has 0 aliphatic carbocycles. The highest BCUT2D eigenvalue weighted by Crippen LogP contribution is 2.26. The van der Waals surface area contributed by atoms with Crippen molar-refractivity contribution in [1.29, 1.82) is 0 Å². The SMILES string of the molecule is CNc1csc(-c2ccc(F)c(F)c2)n1. The molecule has 1 aromatic heterocycles. The summed E-state index contributed by atoms with van der Waals surface area (Å²) in [6.07, 6.45) is 0. The number of halogens is 2. The van der Waals surface area contributed by atoms with Crippen LogP contribution in [0.3, 0.4) is 0 Å². The zero-order chi connectivity index (χ0) is 10.8. The molecule has 2 nitrogen and oxygen atoms in total. The molecular weight excluding hydrogens is 218 g/mol. The minimum absolute atomic E-state index is 0.584. The minimum Gasteiger partial charge on any atom is -0.372 e. The minimum atomic E-state index is -0.853. The number of hydrogen-bond acceptors (Lipinski definition) is 3.